The van der Waals surface area contributed by atoms with Gasteiger partial charge in [0, 0.05) is 16.8 Å². The molecule has 0 fully saturated rings. The highest BCUT2D eigenvalue weighted by molar-refractivity contribution is 5.86. The van der Waals surface area contributed by atoms with Crippen LogP contribution in [0.2, 0.25) is 0 Å². The van der Waals surface area contributed by atoms with Crippen LogP contribution in [0.25, 0.3) is 16.7 Å². The molecular weight excluding hydrogens is 433 g/mol. The molecule has 0 saturated carbocycles. The molecule has 0 radical (unpaired) electrons. The van der Waals surface area contributed by atoms with E-state index >= 15 is 4.39 Å². The van der Waals surface area contributed by atoms with Crippen molar-refractivity contribution in [2.24, 2.45) is 0 Å². The van der Waals surface area contributed by atoms with Crippen LogP contribution in [-0.2, 0) is 12.6 Å². The molecule has 1 unspecified atom stereocenters. The van der Waals surface area contributed by atoms with Gasteiger partial charge in [-0.1, -0.05) is 44.7 Å². The quantitative estimate of drug-likeness (QED) is 0.358. The maximum absolute atomic E-state index is 16.2. The van der Waals surface area contributed by atoms with E-state index in [1.165, 1.54) is 24.3 Å². The van der Waals surface area contributed by atoms with E-state index in [4.69, 9.17) is 4.98 Å². The molecule has 0 amide bonds. The van der Waals surface area contributed by atoms with Crippen molar-refractivity contribution in [3.8, 4) is 11.1 Å². The highest BCUT2D eigenvalue weighted by Gasteiger charge is 2.33. The molecule has 0 saturated heterocycles. The standard InChI is InChI=1S/C27H24F5N/c1-15(2)26-24(25(29)18-7-11-19(12-8-18)27(30,31)32)23(17-9-13-20(28)14-10-17)22-16(3)5-4-6-21(22)33-26/h7-15,25H,3-6H2,1-2H3. The SMILES string of the molecule is C=C1CCCc2nc(C(C)C)c(C(F)c3ccc(C(F)(F)F)cc3)c(-c3ccc(F)cc3)c21. The number of benzene rings is 2. The number of nitrogens with zero attached hydrogens (tertiary/aromatic N) is 1. The molecule has 1 heterocycles. The first-order valence-corrected chi connectivity index (χ1v) is 10.9. The molecule has 2 aromatic carbocycles. The van der Waals surface area contributed by atoms with Crippen molar-refractivity contribution in [3.63, 3.8) is 0 Å². The lowest BCUT2D eigenvalue weighted by Crippen LogP contribution is -2.15. The Labute approximate surface area is 190 Å². The fourth-order valence-corrected chi connectivity index (χ4v) is 4.45. The molecular formula is C27H24F5N. The van der Waals surface area contributed by atoms with Crippen molar-refractivity contribution in [2.45, 2.75) is 51.4 Å². The lowest BCUT2D eigenvalue weighted by atomic mass is 9.80. The third kappa shape index (κ3) is 4.43. The first kappa shape index (κ1) is 23.1. The van der Waals surface area contributed by atoms with Gasteiger partial charge in [0.05, 0.1) is 11.3 Å². The van der Waals surface area contributed by atoms with Crippen LogP contribution in [0.3, 0.4) is 0 Å². The van der Waals surface area contributed by atoms with Crippen LogP contribution in [0.15, 0.2) is 55.1 Å². The summed E-state index contributed by atoms with van der Waals surface area (Å²) in [5.41, 5.74) is 3.78. The van der Waals surface area contributed by atoms with Gasteiger partial charge in [-0.3, -0.25) is 4.98 Å². The predicted octanol–water partition coefficient (Wildman–Crippen LogP) is 8.44. The molecule has 1 aliphatic carbocycles. The van der Waals surface area contributed by atoms with Crippen LogP contribution < -0.4 is 0 Å². The van der Waals surface area contributed by atoms with Crippen molar-refractivity contribution < 1.29 is 22.0 Å². The molecule has 1 aliphatic rings. The molecule has 1 aromatic heterocycles. The normalized spacial score (nSPS) is 15.0. The summed E-state index contributed by atoms with van der Waals surface area (Å²) in [4.78, 5) is 4.82. The van der Waals surface area contributed by atoms with Gasteiger partial charge in [-0.2, -0.15) is 13.2 Å². The second kappa shape index (κ2) is 8.73. The fourth-order valence-electron chi connectivity index (χ4n) is 4.45. The number of aryl methyl sites for hydroxylation is 1. The molecule has 1 atom stereocenters. The highest BCUT2D eigenvalue weighted by atomic mass is 19.4. The number of pyridine rings is 1. The summed E-state index contributed by atoms with van der Waals surface area (Å²) < 4.78 is 69.0. The van der Waals surface area contributed by atoms with E-state index in [1.54, 1.807) is 12.1 Å². The van der Waals surface area contributed by atoms with Crippen LogP contribution >= 0.6 is 0 Å². The molecule has 1 nitrogen and oxygen atoms in total. The largest absolute Gasteiger partial charge is 0.416 e. The van der Waals surface area contributed by atoms with E-state index in [2.05, 4.69) is 6.58 Å². The molecule has 3 aromatic rings. The minimum Gasteiger partial charge on any atom is -0.257 e. The van der Waals surface area contributed by atoms with Gasteiger partial charge in [0.1, 0.15) is 5.82 Å². The zero-order valence-corrected chi connectivity index (χ0v) is 18.4. The molecule has 33 heavy (non-hydrogen) atoms. The summed E-state index contributed by atoms with van der Waals surface area (Å²) >= 11 is 0. The van der Waals surface area contributed by atoms with Crippen molar-refractivity contribution in [2.75, 3.05) is 0 Å². The van der Waals surface area contributed by atoms with E-state index in [0.717, 1.165) is 48.2 Å². The summed E-state index contributed by atoms with van der Waals surface area (Å²) in [5, 5.41) is 0. The summed E-state index contributed by atoms with van der Waals surface area (Å²) in [6.07, 6.45) is -3.87. The maximum Gasteiger partial charge on any atom is 0.416 e. The molecule has 0 bridgehead atoms. The van der Waals surface area contributed by atoms with E-state index < -0.39 is 23.7 Å². The molecule has 0 N–H and O–H groups in total. The Hall–Kier alpha value is -3.02. The zero-order chi connectivity index (χ0) is 23.9. The molecule has 172 valence electrons. The minimum atomic E-state index is -4.50. The van der Waals surface area contributed by atoms with E-state index in [1.807, 2.05) is 13.8 Å². The van der Waals surface area contributed by atoms with Crippen molar-refractivity contribution in [1.29, 1.82) is 0 Å². The van der Waals surface area contributed by atoms with Crippen LogP contribution in [-0.4, -0.2) is 4.98 Å². The summed E-state index contributed by atoms with van der Waals surface area (Å²) in [6.45, 7) is 8.00. The Morgan fingerprint density at radius 1 is 0.909 bits per heavy atom. The van der Waals surface area contributed by atoms with Crippen molar-refractivity contribution in [3.05, 3.63) is 94.6 Å². The van der Waals surface area contributed by atoms with Crippen LogP contribution in [0, 0.1) is 5.82 Å². The average molecular weight is 457 g/mol. The topological polar surface area (TPSA) is 12.9 Å². The Kier molecular flexibility index (Phi) is 6.12. The van der Waals surface area contributed by atoms with E-state index in [9.17, 15) is 17.6 Å². The summed E-state index contributed by atoms with van der Waals surface area (Å²) in [7, 11) is 0. The maximum atomic E-state index is 16.2. The fraction of sp³-hybridized carbons (Fsp3) is 0.296. The highest BCUT2D eigenvalue weighted by Crippen LogP contribution is 2.46. The van der Waals surface area contributed by atoms with Gasteiger partial charge in [0.25, 0.3) is 0 Å². The molecule has 0 spiro atoms. The summed E-state index contributed by atoms with van der Waals surface area (Å²) in [6, 6.07) is 9.94. The third-order valence-corrected chi connectivity index (χ3v) is 6.05. The number of rotatable bonds is 4. The first-order chi connectivity index (χ1) is 15.6. The van der Waals surface area contributed by atoms with Crippen molar-refractivity contribution >= 4 is 5.57 Å². The smallest absolute Gasteiger partial charge is 0.257 e. The van der Waals surface area contributed by atoms with E-state index in [0.29, 0.717) is 22.4 Å². The van der Waals surface area contributed by atoms with Gasteiger partial charge in [-0.05, 0) is 71.7 Å². The van der Waals surface area contributed by atoms with Crippen LogP contribution in [0.1, 0.15) is 72.4 Å². The van der Waals surface area contributed by atoms with Gasteiger partial charge >= 0.3 is 6.18 Å². The second-order valence-corrected chi connectivity index (χ2v) is 8.71. The first-order valence-electron chi connectivity index (χ1n) is 10.9. The lowest BCUT2D eigenvalue weighted by Gasteiger charge is -2.28. The van der Waals surface area contributed by atoms with Crippen LogP contribution in [0.4, 0.5) is 22.0 Å². The number of hydrogen-bond donors (Lipinski definition) is 0. The lowest BCUT2D eigenvalue weighted by molar-refractivity contribution is -0.137. The Morgan fingerprint density at radius 3 is 2.12 bits per heavy atom. The van der Waals surface area contributed by atoms with Gasteiger partial charge in [0.15, 0.2) is 6.17 Å². The minimum absolute atomic E-state index is 0.108. The second-order valence-electron chi connectivity index (χ2n) is 8.71. The Bertz CT molecular complexity index is 1180. The van der Waals surface area contributed by atoms with Gasteiger partial charge in [-0.15, -0.1) is 0 Å². The number of allylic oxidation sites excluding steroid dienone is 1. The molecule has 6 heteroatoms. The van der Waals surface area contributed by atoms with Crippen molar-refractivity contribution in [1.82, 2.24) is 4.98 Å². The van der Waals surface area contributed by atoms with E-state index in [-0.39, 0.29) is 11.5 Å². The monoisotopic (exact) mass is 457 g/mol. The van der Waals surface area contributed by atoms with Crippen LogP contribution in [0.5, 0.6) is 0 Å². The summed E-state index contributed by atoms with van der Waals surface area (Å²) in [5.74, 6) is -0.543. The third-order valence-electron chi connectivity index (χ3n) is 6.05. The number of hydrogen-bond acceptors (Lipinski definition) is 1. The van der Waals surface area contributed by atoms with Gasteiger partial charge in [0.2, 0.25) is 0 Å². The number of aromatic nitrogens is 1. The predicted molar refractivity (Wildman–Crippen MR) is 120 cm³/mol. The number of alkyl halides is 4. The molecule has 4 rings (SSSR count). The number of fused-ring (bicyclic) bond motifs is 1. The Morgan fingerprint density at radius 2 is 1.55 bits per heavy atom. The zero-order valence-electron chi connectivity index (χ0n) is 18.4. The average Bonchev–Trinajstić information content (AvgIpc) is 2.77. The van der Waals surface area contributed by atoms with Gasteiger partial charge < -0.3 is 0 Å². The Balaban J connectivity index is 1.98. The van der Waals surface area contributed by atoms with Gasteiger partial charge in [-0.25, -0.2) is 8.78 Å². The number of halogens is 5. The molecule has 0 aliphatic heterocycles.